The fraction of sp³-hybridized carbons (Fsp3) is 0.355. The third-order valence-corrected chi connectivity index (χ3v) is 9.38. The van der Waals surface area contributed by atoms with Crippen molar-refractivity contribution >= 4 is 28.3 Å². The van der Waals surface area contributed by atoms with Gasteiger partial charge in [-0.05, 0) is 78.2 Å². The Labute approximate surface area is 211 Å². The van der Waals surface area contributed by atoms with Gasteiger partial charge in [-0.3, -0.25) is 9.78 Å². The number of carbonyl (C=O) groups excluding carboxylic acids is 1. The van der Waals surface area contributed by atoms with Crippen LogP contribution >= 0.6 is 11.6 Å². The molecule has 0 aliphatic heterocycles. The average Bonchev–Trinajstić information content (AvgIpc) is 3.49. The second kappa shape index (κ2) is 7.30. The van der Waals surface area contributed by atoms with Crippen molar-refractivity contribution in [1.82, 2.24) is 9.55 Å². The van der Waals surface area contributed by atoms with Crippen LogP contribution in [0, 0.1) is 16.2 Å². The number of carbonyl (C=O) groups is 1. The largest absolute Gasteiger partial charge is 0.341 e. The Balaban J connectivity index is 1.18. The maximum absolute atomic E-state index is 13.8. The van der Waals surface area contributed by atoms with Crippen molar-refractivity contribution in [3.63, 3.8) is 0 Å². The molecule has 2 heterocycles. The van der Waals surface area contributed by atoms with Gasteiger partial charge in [0, 0.05) is 40.4 Å². The SMILES string of the molecule is CC12CC(C3(CC(=O)c4cc(Cl)cc5ccn(Cc6ccc(-c7ccccc7)cn6)c45)CC3)(C1)C2. The number of hydrogen-bond acceptors (Lipinski definition) is 2. The molecule has 2 aromatic heterocycles. The maximum Gasteiger partial charge on any atom is 0.165 e. The van der Waals surface area contributed by atoms with Gasteiger partial charge in [-0.25, -0.2) is 0 Å². The number of Topliss-reactive ketones (excluding diaryl/α,β-unsaturated/α-hetero) is 1. The normalized spacial score (nSPS) is 25.7. The van der Waals surface area contributed by atoms with Gasteiger partial charge in [0.05, 0.1) is 17.8 Å². The zero-order valence-electron chi connectivity index (χ0n) is 20.1. The van der Waals surface area contributed by atoms with E-state index in [1.54, 1.807) is 0 Å². The van der Waals surface area contributed by atoms with Crippen LogP contribution in [0.5, 0.6) is 0 Å². The minimum Gasteiger partial charge on any atom is -0.341 e. The monoisotopic (exact) mass is 480 g/mol. The van der Waals surface area contributed by atoms with E-state index in [9.17, 15) is 4.79 Å². The molecule has 0 N–H and O–H groups in total. The van der Waals surface area contributed by atoms with E-state index in [0.717, 1.165) is 33.3 Å². The molecule has 4 fully saturated rings. The first-order chi connectivity index (χ1) is 16.9. The molecule has 4 aromatic rings. The molecule has 0 saturated heterocycles. The van der Waals surface area contributed by atoms with Crippen molar-refractivity contribution in [2.75, 3.05) is 0 Å². The van der Waals surface area contributed by atoms with Crippen LogP contribution in [0.4, 0.5) is 0 Å². The van der Waals surface area contributed by atoms with E-state index in [4.69, 9.17) is 16.6 Å². The van der Waals surface area contributed by atoms with E-state index in [1.165, 1.54) is 32.1 Å². The molecular formula is C31H29ClN2O. The van der Waals surface area contributed by atoms with Gasteiger partial charge in [0.15, 0.2) is 5.78 Å². The van der Waals surface area contributed by atoms with Crippen LogP contribution in [-0.2, 0) is 6.54 Å². The summed E-state index contributed by atoms with van der Waals surface area (Å²) in [5.74, 6) is 0.247. The zero-order valence-corrected chi connectivity index (χ0v) is 20.8. The van der Waals surface area contributed by atoms with Gasteiger partial charge in [0.2, 0.25) is 0 Å². The lowest BCUT2D eigenvalue weighted by Gasteiger charge is -2.73. The van der Waals surface area contributed by atoms with Gasteiger partial charge in [-0.15, -0.1) is 0 Å². The fourth-order valence-corrected chi connectivity index (χ4v) is 7.68. The number of nitrogens with zero attached hydrogens (tertiary/aromatic N) is 2. The number of pyridine rings is 1. The summed E-state index contributed by atoms with van der Waals surface area (Å²) in [5, 5.41) is 1.65. The summed E-state index contributed by atoms with van der Waals surface area (Å²) >= 11 is 6.48. The van der Waals surface area contributed by atoms with Crippen molar-refractivity contribution in [2.45, 2.75) is 52.0 Å². The highest BCUT2D eigenvalue weighted by Gasteiger charge is 2.75. The van der Waals surface area contributed by atoms with E-state index < -0.39 is 0 Å². The number of hydrogen-bond donors (Lipinski definition) is 0. The summed E-state index contributed by atoms with van der Waals surface area (Å²) in [7, 11) is 0. The van der Waals surface area contributed by atoms with Crippen LogP contribution in [0.15, 0.2) is 73.1 Å². The van der Waals surface area contributed by atoms with Crippen molar-refractivity contribution in [3.05, 3.63) is 89.3 Å². The maximum atomic E-state index is 13.8. The van der Waals surface area contributed by atoms with Gasteiger partial charge in [-0.1, -0.05) is 54.9 Å². The van der Waals surface area contributed by atoms with Crippen LogP contribution < -0.4 is 0 Å². The molecular weight excluding hydrogens is 452 g/mol. The topological polar surface area (TPSA) is 34.9 Å². The molecule has 35 heavy (non-hydrogen) atoms. The summed E-state index contributed by atoms with van der Waals surface area (Å²) in [4.78, 5) is 18.5. The zero-order chi connectivity index (χ0) is 23.8. The van der Waals surface area contributed by atoms with Crippen LogP contribution in [0.1, 0.15) is 61.5 Å². The first kappa shape index (κ1) is 21.4. The Kier molecular flexibility index (Phi) is 4.46. The molecule has 8 rings (SSSR count). The molecule has 4 saturated carbocycles. The molecule has 2 aromatic carbocycles. The molecule has 0 spiro atoms. The Morgan fingerprint density at radius 2 is 1.77 bits per heavy atom. The van der Waals surface area contributed by atoms with E-state index in [2.05, 4.69) is 48.0 Å². The predicted octanol–water partition coefficient (Wildman–Crippen LogP) is 7.95. The minimum atomic E-state index is 0.239. The van der Waals surface area contributed by atoms with Crippen molar-refractivity contribution in [3.8, 4) is 11.1 Å². The number of benzene rings is 2. The van der Waals surface area contributed by atoms with Crippen molar-refractivity contribution in [2.24, 2.45) is 16.2 Å². The molecule has 176 valence electrons. The quantitative estimate of drug-likeness (QED) is 0.251. The van der Waals surface area contributed by atoms with Crippen LogP contribution in [0.25, 0.3) is 22.0 Å². The second-order valence-electron chi connectivity index (χ2n) is 11.7. The third-order valence-electron chi connectivity index (χ3n) is 9.16. The van der Waals surface area contributed by atoms with E-state index in [1.807, 2.05) is 36.5 Å². The molecule has 0 amide bonds. The van der Waals surface area contributed by atoms with Crippen molar-refractivity contribution < 1.29 is 4.79 Å². The number of aromatic nitrogens is 2. The summed E-state index contributed by atoms with van der Waals surface area (Å²) in [5.41, 5.74) is 6.23. The van der Waals surface area contributed by atoms with E-state index in [-0.39, 0.29) is 11.2 Å². The Hall–Kier alpha value is -2.91. The molecule has 4 aliphatic rings. The number of halogens is 1. The van der Waals surface area contributed by atoms with E-state index in [0.29, 0.717) is 28.8 Å². The molecule has 0 atom stereocenters. The van der Waals surface area contributed by atoms with Gasteiger partial charge >= 0.3 is 0 Å². The molecule has 4 aliphatic carbocycles. The molecule has 4 heteroatoms. The standard InChI is InChI=1S/C31H29ClN2O/c1-29-18-31(19-29,20-29)30(10-11-30)15-27(35)26-14-24(32)13-22-9-12-34(28(22)26)17-25-8-7-23(16-33-25)21-5-3-2-4-6-21/h2-9,12-14,16H,10-11,15,17-20H2,1H3. The second-order valence-corrected chi connectivity index (χ2v) is 12.2. The number of fused-ring (bicyclic) bond motifs is 1. The Morgan fingerprint density at radius 1 is 1.00 bits per heavy atom. The number of rotatable bonds is 7. The lowest BCUT2D eigenvalue weighted by Crippen LogP contribution is -2.64. The molecule has 2 bridgehead atoms. The summed E-state index contributed by atoms with van der Waals surface area (Å²) in [6.07, 6.45) is 11.0. The highest BCUT2D eigenvalue weighted by Crippen LogP contribution is 2.85. The van der Waals surface area contributed by atoms with Gasteiger partial charge in [0.25, 0.3) is 0 Å². The van der Waals surface area contributed by atoms with Crippen LogP contribution in [0.2, 0.25) is 5.02 Å². The van der Waals surface area contributed by atoms with Gasteiger partial charge < -0.3 is 4.57 Å². The predicted molar refractivity (Wildman–Crippen MR) is 141 cm³/mol. The fourth-order valence-electron chi connectivity index (χ4n) is 7.46. The third kappa shape index (κ3) is 3.31. The molecule has 0 unspecified atom stereocenters. The van der Waals surface area contributed by atoms with Crippen molar-refractivity contribution in [1.29, 1.82) is 0 Å². The van der Waals surface area contributed by atoms with Gasteiger partial charge in [0.1, 0.15) is 0 Å². The first-order valence-electron chi connectivity index (χ1n) is 12.7. The first-order valence-corrected chi connectivity index (χ1v) is 13.1. The smallest absolute Gasteiger partial charge is 0.165 e. The minimum absolute atomic E-state index is 0.239. The lowest BCUT2D eigenvalue weighted by atomic mass is 9.31. The Morgan fingerprint density at radius 3 is 2.43 bits per heavy atom. The lowest BCUT2D eigenvalue weighted by molar-refractivity contribution is -0.233. The summed E-state index contributed by atoms with van der Waals surface area (Å²) in [6, 6.07) is 20.4. The summed E-state index contributed by atoms with van der Waals surface area (Å²) < 4.78 is 2.16. The molecule has 3 nitrogen and oxygen atoms in total. The Bertz CT molecular complexity index is 1440. The highest BCUT2D eigenvalue weighted by molar-refractivity contribution is 6.32. The average molecular weight is 481 g/mol. The summed E-state index contributed by atoms with van der Waals surface area (Å²) in [6.45, 7) is 3.02. The van der Waals surface area contributed by atoms with Crippen LogP contribution in [-0.4, -0.2) is 15.3 Å². The number of ketones is 1. The highest BCUT2D eigenvalue weighted by atomic mass is 35.5. The van der Waals surface area contributed by atoms with Crippen LogP contribution in [0.3, 0.4) is 0 Å². The molecule has 0 radical (unpaired) electrons. The van der Waals surface area contributed by atoms with E-state index >= 15 is 0 Å². The van der Waals surface area contributed by atoms with Gasteiger partial charge in [-0.2, -0.15) is 0 Å².